The fourth-order valence-electron chi connectivity index (χ4n) is 4.12. The minimum atomic E-state index is -4.69. The van der Waals surface area contributed by atoms with Crippen molar-refractivity contribution in [2.75, 3.05) is 5.32 Å². The summed E-state index contributed by atoms with van der Waals surface area (Å²) in [5.41, 5.74) is -1.28. The Morgan fingerprint density at radius 2 is 1.73 bits per heavy atom. The number of carbonyl (C=O) groups excluding carboxylic acids is 1. The highest BCUT2D eigenvalue weighted by molar-refractivity contribution is 6.04. The second kappa shape index (κ2) is 11.7. The van der Waals surface area contributed by atoms with Crippen LogP contribution in [0.2, 0.25) is 0 Å². The normalized spacial score (nSPS) is 11.6. The number of halogens is 7. The maximum absolute atomic E-state index is 14.5. The molecule has 0 fully saturated rings. The number of pyridine rings is 1. The molecule has 5 aromatic rings. The van der Waals surface area contributed by atoms with Crippen molar-refractivity contribution in [2.24, 2.45) is 0 Å². The van der Waals surface area contributed by atoms with Crippen molar-refractivity contribution in [1.29, 1.82) is 0 Å². The molecule has 0 atom stereocenters. The van der Waals surface area contributed by atoms with Crippen LogP contribution in [0.3, 0.4) is 0 Å². The number of imidazole rings is 2. The van der Waals surface area contributed by atoms with E-state index in [2.05, 4.69) is 37.1 Å². The third kappa shape index (κ3) is 6.95. The zero-order chi connectivity index (χ0) is 31.6. The molecule has 0 spiro atoms. The lowest BCUT2D eigenvalue weighted by atomic mass is 10.0. The number of H-pyrrole nitrogens is 1. The number of hydrogen-bond donors (Lipinski definition) is 2. The molecule has 7 nitrogen and oxygen atoms in total. The maximum Gasteiger partial charge on any atom is 0.432 e. The molecule has 0 aliphatic carbocycles. The van der Waals surface area contributed by atoms with Gasteiger partial charge in [0.25, 0.3) is 5.91 Å². The van der Waals surface area contributed by atoms with Gasteiger partial charge in [-0.15, -0.1) is 0 Å². The summed E-state index contributed by atoms with van der Waals surface area (Å²) in [6, 6.07) is 9.52. The van der Waals surface area contributed by atoms with Gasteiger partial charge >= 0.3 is 12.4 Å². The average Bonchev–Trinajstić information content (AvgIpc) is 3.63. The summed E-state index contributed by atoms with van der Waals surface area (Å²) >= 11 is 0. The van der Waals surface area contributed by atoms with Crippen LogP contribution in [0.1, 0.15) is 44.0 Å². The molecule has 1 amide bonds. The monoisotopic (exact) mass is 612 g/mol. The molecule has 3 aromatic heterocycles. The quantitative estimate of drug-likeness (QED) is 0.168. The predicted molar refractivity (Wildman–Crippen MR) is 145 cm³/mol. The number of anilines is 1. The van der Waals surface area contributed by atoms with Gasteiger partial charge in [0, 0.05) is 35.8 Å². The number of carbonyl (C=O) groups is 1. The molecule has 0 radical (unpaired) electrons. The number of benzene rings is 2. The van der Waals surface area contributed by atoms with E-state index in [-0.39, 0.29) is 46.0 Å². The van der Waals surface area contributed by atoms with Gasteiger partial charge in [-0.1, -0.05) is 17.9 Å². The Balaban J connectivity index is 1.32. The van der Waals surface area contributed by atoms with Gasteiger partial charge in [-0.05, 0) is 55.0 Å². The molecule has 5 rings (SSSR count). The van der Waals surface area contributed by atoms with Crippen molar-refractivity contribution >= 4 is 11.6 Å². The fraction of sp³-hybridized carbons (Fsp3) is 0.133. The Hall–Kier alpha value is -5.45. The second-order valence-electron chi connectivity index (χ2n) is 9.53. The number of aryl methyl sites for hydroxylation is 1. The van der Waals surface area contributed by atoms with Gasteiger partial charge in [-0.3, -0.25) is 9.78 Å². The Morgan fingerprint density at radius 1 is 0.932 bits per heavy atom. The van der Waals surface area contributed by atoms with Crippen LogP contribution >= 0.6 is 0 Å². The zero-order valence-corrected chi connectivity index (χ0v) is 22.5. The van der Waals surface area contributed by atoms with Crippen molar-refractivity contribution in [1.82, 2.24) is 24.5 Å². The van der Waals surface area contributed by atoms with Gasteiger partial charge < -0.3 is 14.9 Å². The lowest BCUT2D eigenvalue weighted by Gasteiger charge is -2.15. The van der Waals surface area contributed by atoms with Crippen LogP contribution in [0.25, 0.3) is 11.5 Å². The SMILES string of the molecule is Cc1cn(Cc2ccc(NC(=O)c3ccc(F)c(C#Cc4ccc(-c5ncc(C(F)(F)F)[nH]5)nc4)c3)cc2C(F)(F)F)cn1. The van der Waals surface area contributed by atoms with Crippen LogP contribution < -0.4 is 5.32 Å². The van der Waals surface area contributed by atoms with E-state index in [0.29, 0.717) is 11.9 Å². The molecule has 2 aromatic carbocycles. The topological polar surface area (TPSA) is 88.5 Å². The Bertz CT molecular complexity index is 1890. The lowest BCUT2D eigenvalue weighted by molar-refractivity contribution is -0.141. The first-order valence-corrected chi connectivity index (χ1v) is 12.7. The average molecular weight is 613 g/mol. The van der Waals surface area contributed by atoms with Gasteiger partial charge in [0.1, 0.15) is 17.2 Å². The van der Waals surface area contributed by atoms with Crippen LogP contribution in [0.4, 0.5) is 36.4 Å². The van der Waals surface area contributed by atoms with E-state index in [4.69, 9.17) is 0 Å². The van der Waals surface area contributed by atoms with Gasteiger partial charge in [0.05, 0.1) is 29.3 Å². The first-order chi connectivity index (χ1) is 20.8. The number of alkyl halides is 6. The van der Waals surface area contributed by atoms with Crippen LogP contribution in [0.5, 0.6) is 0 Å². The first kappa shape index (κ1) is 30.0. The summed E-state index contributed by atoms with van der Waals surface area (Å²) in [5.74, 6) is 3.56. The molecule has 0 saturated heterocycles. The number of nitrogens with zero attached hydrogens (tertiary/aromatic N) is 4. The maximum atomic E-state index is 14.5. The predicted octanol–water partition coefficient (Wildman–Crippen LogP) is 6.85. The van der Waals surface area contributed by atoms with Gasteiger partial charge in [-0.2, -0.15) is 26.3 Å². The van der Waals surface area contributed by atoms with E-state index in [1.54, 1.807) is 13.1 Å². The summed E-state index contributed by atoms with van der Waals surface area (Å²) in [5, 5.41) is 2.40. The summed E-state index contributed by atoms with van der Waals surface area (Å²) in [6.45, 7) is 1.63. The van der Waals surface area contributed by atoms with Gasteiger partial charge in [0.2, 0.25) is 0 Å². The summed E-state index contributed by atoms with van der Waals surface area (Å²) in [6.07, 6.45) is -4.37. The molecule has 2 N–H and O–H groups in total. The van der Waals surface area contributed by atoms with Crippen molar-refractivity contribution in [3.63, 3.8) is 0 Å². The van der Waals surface area contributed by atoms with E-state index < -0.39 is 35.3 Å². The molecular weight excluding hydrogens is 593 g/mol. The molecule has 0 aliphatic heterocycles. The van der Waals surface area contributed by atoms with Crippen molar-refractivity contribution in [3.05, 3.63) is 118 Å². The Morgan fingerprint density at radius 3 is 2.36 bits per heavy atom. The summed E-state index contributed by atoms with van der Waals surface area (Å²) in [4.78, 5) is 26.7. The second-order valence-corrected chi connectivity index (χ2v) is 9.53. The van der Waals surface area contributed by atoms with E-state index >= 15 is 0 Å². The lowest BCUT2D eigenvalue weighted by Crippen LogP contribution is -2.15. The smallest absolute Gasteiger partial charge is 0.333 e. The molecule has 44 heavy (non-hydrogen) atoms. The highest BCUT2D eigenvalue weighted by Crippen LogP contribution is 2.34. The molecule has 3 heterocycles. The van der Waals surface area contributed by atoms with Crippen LogP contribution in [0.15, 0.2) is 73.4 Å². The van der Waals surface area contributed by atoms with Crippen molar-refractivity contribution < 1.29 is 35.5 Å². The number of aromatic amines is 1. The minimum absolute atomic E-state index is 0.0232. The molecule has 0 unspecified atom stereocenters. The number of amides is 1. The number of aromatic nitrogens is 5. The molecule has 0 saturated carbocycles. The van der Waals surface area contributed by atoms with Crippen LogP contribution in [-0.4, -0.2) is 30.4 Å². The van der Waals surface area contributed by atoms with E-state index in [0.717, 1.165) is 24.3 Å². The van der Waals surface area contributed by atoms with E-state index in [1.165, 1.54) is 41.4 Å². The molecule has 0 aliphatic rings. The summed E-state index contributed by atoms with van der Waals surface area (Å²) < 4.78 is 95.8. The highest BCUT2D eigenvalue weighted by atomic mass is 19.4. The van der Waals surface area contributed by atoms with Crippen molar-refractivity contribution in [2.45, 2.75) is 25.8 Å². The molecule has 0 bridgehead atoms. The first-order valence-electron chi connectivity index (χ1n) is 12.7. The number of rotatable bonds is 5. The van der Waals surface area contributed by atoms with E-state index in [1.807, 2.05) is 0 Å². The molecule has 224 valence electrons. The largest absolute Gasteiger partial charge is 0.432 e. The Kier molecular flexibility index (Phi) is 7.97. The summed E-state index contributed by atoms with van der Waals surface area (Å²) in [7, 11) is 0. The minimum Gasteiger partial charge on any atom is -0.333 e. The third-order valence-electron chi connectivity index (χ3n) is 6.25. The van der Waals surface area contributed by atoms with Crippen molar-refractivity contribution in [3.8, 4) is 23.4 Å². The Labute approximate surface area is 244 Å². The van der Waals surface area contributed by atoms with Crippen LogP contribution in [-0.2, 0) is 18.9 Å². The third-order valence-corrected chi connectivity index (χ3v) is 6.25. The number of nitrogens with one attached hydrogen (secondary N) is 2. The molecular formula is C30H19F7N6O. The standard InChI is InChI=1S/C30H19F7N6O/c1-17-14-43(16-40-17)15-21-5-7-22(11-23(21)29(32,33)34)41-28(44)20-6-8-24(31)19(10-20)4-2-18-3-9-25(38-12-18)27-39-13-26(42-27)30(35,36)37/h3,5-14,16H,15H2,1H3,(H,39,42)(H,41,44). The fourth-order valence-corrected chi connectivity index (χ4v) is 4.12. The van der Waals surface area contributed by atoms with Crippen LogP contribution in [0, 0.1) is 24.6 Å². The highest BCUT2D eigenvalue weighted by Gasteiger charge is 2.34. The molecule has 14 heteroatoms. The number of hydrogen-bond acceptors (Lipinski definition) is 4. The van der Waals surface area contributed by atoms with Gasteiger partial charge in [-0.25, -0.2) is 14.4 Å². The van der Waals surface area contributed by atoms with E-state index in [9.17, 15) is 35.5 Å². The zero-order valence-electron chi connectivity index (χ0n) is 22.5. The van der Waals surface area contributed by atoms with Gasteiger partial charge in [0.15, 0.2) is 5.82 Å².